The second kappa shape index (κ2) is 8.64. The van der Waals surface area contributed by atoms with Crippen LogP contribution in [-0.4, -0.2) is 40.0 Å². The summed E-state index contributed by atoms with van der Waals surface area (Å²) in [7, 11) is 0. The lowest BCUT2D eigenvalue weighted by Gasteiger charge is -2.17. The summed E-state index contributed by atoms with van der Waals surface area (Å²) < 4.78 is 0.454. The Labute approximate surface area is 190 Å². The summed E-state index contributed by atoms with van der Waals surface area (Å²) in [6.07, 6.45) is 0.769. The van der Waals surface area contributed by atoms with Crippen LogP contribution in [0.4, 0.5) is 11.4 Å². The molecule has 8 heteroatoms. The molecule has 0 aromatic heterocycles. The van der Waals surface area contributed by atoms with Gasteiger partial charge in [-0.05, 0) is 31.0 Å². The number of thioether (sulfide) groups is 1. The van der Waals surface area contributed by atoms with Crippen LogP contribution in [0, 0.1) is 6.92 Å². The zero-order chi connectivity index (χ0) is 22.1. The van der Waals surface area contributed by atoms with Crippen LogP contribution in [0.25, 0.3) is 5.57 Å². The van der Waals surface area contributed by atoms with Crippen LogP contribution in [0.15, 0.2) is 53.4 Å². The Morgan fingerprint density at radius 1 is 1.03 bits per heavy atom. The van der Waals surface area contributed by atoms with E-state index < -0.39 is 0 Å². The van der Waals surface area contributed by atoms with E-state index in [1.807, 2.05) is 50.2 Å². The average molecular weight is 452 g/mol. The number of thiocarbonyl (C=S) groups is 1. The van der Waals surface area contributed by atoms with E-state index >= 15 is 0 Å². The average Bonchev–Trinajstić information content (AvgIpc) is 3.18. The van der Waals surface area contributed by atoms with Gasteiger partial charge in [0.15, 0.2) is 0 Å². The number of rotatable bonds is 5. The third kappa shape index (κ3) is 3.88. The molecule has 31 heavy (non-hydrogen) atoms. The van der Waals surface area contributed by atoms with E-state index in [1.54, 1.807) is 12.1 Å². The van der Waals surface area contributed by atoms with Crippen molar-refractivity contribution in [2.45, 2.75) is 20.3 Å². The van der Waals surface area contributed by atoms with Gasteiger partial charge in [-0.1, -0.05) is 67.3 Å². The third-order valence-electron chi connectivity index (χ3n) is 5.17. The lowest BCUT2D eigenvalue weighted by molar-refractivity contribution is -0.122. The second-order valence-corrected chi connectivity index (χ2v) is 8.94. The molecule has 1 fully saturated rings. The minimum absolute atomic E-state index is 0.150. The summed E-state index contributed by atoms with van der Waals surface area (Å²) in [5.41, 5.74) is 3.21. The van der Waals surface area contributed by atoms with Crippen LogP contribution in [0.3, 0.4) is 0 Å². The number of nitrogens with zero attached hydrogens (tertiary/aromatic N) is 2. The predicted molar refractivity (Wildman–Crippen MR) is 128 cm³/mol. The number of fused-ring (bicyclic) bond motifs is 1. The van der Waals surface area contributed by atoms with Crippen molar-refractivity contribution < 1.29 is 14.4 Å². The molecule has 2 heterocycles. The zero-order valence-corrected chi connectivity index (χ0v) is 18.8. The molecule has 0 spiro atoms. The SMILES string of the molecule is CCCN1C(=O)/C(=C2/C(=O)N(CC(=O)Nc3ccccc3C)c3ccccc32)SC1=S. The van der Waals surface area contributed by atoms with E-state index in [9.17, 15) is 14.4 Å². The molecule has 2 aliphatic rings. The molecule has 0 radical (unpaired) electrons. The second-order valence-electron chi connectivity index (χ2n) is 7.30. The highest BCUT2D eigenvalue weighted by molar-refractivity contribution is 8.26. The Balaban J connectivity index is 1.66. The van der Waals surface area contributed by atoms with Crippen LogP contribution < -0.4 is 10.2 Å². The molecular formula is C23H21N3O3S2. The molecule has 3 amide bonds. The van der Waals surface area contributed by atoms with Crippen LogP contribution in [0.5, 0.6) is 0 Å². The first-order valence-electron chi connectivity index (χ1n) is 9.97. The molecular weight excluding hydrogens is 430 g/mol. The van der Waals surface area contributed by atoms with Crippen molar-refractivity contribution in [2.24, 2.45) is 0 Å². The standard InChI is InChI=1S/C23H21N3O3S2/c1-3-12-25-22(29)20(31-23(25)30)19-15-9-5-7-11-17(15)26(21(19)28)13-18(27)24-16-10-6-4-8-14(16)2/h4-11H,3,12-13H2,1-2H3,(H,24,27)/b20-19-. The van der Waals surface area contributed by atoms with Gasteiger partial charge < -0.3 is 5.32 Å². The van der Waals surface area contributed by atoms with Crippen molar-refractivity contribution in [3.63, 3.8) is 0 Å². The normalized spacial score (nSPS) is 18.1. The summed E-state index contributed by atoms with van der Waals surface area (Å²) in [5.74, 6) is -0.920. The van der Waals surface area contributed by atoms with Gasteiger partial charge in [-0.2, -0.15) is 0 Å². The van der Waals surface area contributed by atoms with E-state index in [2.05, 4.69) is 5.32 Å². The summed E-state index contributed by atoms with van der Waals surface area (Å²) in [6, 6.07) is 14.7. The van der Waals surface area contributed by atoms with E-state index in [4.69, 9.17) is 12.2 Å². The highest BCUT2D eigenvalue weighted by atomic mass is 32.2. The van der Waals surface area contributed by atoms with Crippen LogP contribution in [-0.2, 0) is 14.4 Å². The smallest absolute Gasteiger partial charge is 0.267 e. The maximum Gasteiger partial charge on any atom is 0.267 e. The molecule has 2 aromatic carbocycles. The number of carbonyl (C=O) groups excluding carboxylic acids is 3. The number of benzene rings is 2. The Kier molecular flexibility index (Phi) is 5.93. The molecule has 0 atom stereocenters. The van der Waals surface area contributed by atoms with Crippen molar-refractivity contribution in [1.29, 1.82) is 0 Å². The lowest BCUT2D eigenvalue weighted by Crippen LogP contribution is -2.35. The largest absolute Gasteiger partial charge is 0.324 e. The first-order valence-corrected chi connectivity index (χ1v) is 11.2. The fourth-order valence-corrected chi connectivity index (χ4v) is 5.05. The summed E-state index contributed by atoms with van der Waals surface area (Å²) in [5, 5.41) is 2.86. The van der Waals surface area contributed by atoms with Gasteiger partial charge >= 0.3 is 0 Å². The van der Waals surface area contributed by atoms with Crippen molar-refractivity contribution in [1.82, 2.24) is 4.90 Å². The van der Waals surface area contributed by atoms with E-state index in [-0.39, 0.29) is 24.3 Å². The van der Waals surface area contributed by atoms with Gasteiger partial charge in [0.25, 0.3) is 11.8 Å². The third-order valence-corrected chi connectivity index (χ3v) is 6.62. The summed E-state index contributed by atoms with van der Waals surface area (Å²) in [6.45, 7) is 4.24. The van der Waals surface area contributed by atoms with Gasteiger partial charge in [-0.3, -0.25) is 24.2 Å². The Morgan fingerprint density at radius 3 is 2.48 bits per heavy atom. The minimum atomic E-state index is -0.363. The van der Waals surface area contributed by atoms with Crippen LogP contribution in [0.1, 0.15) is 24.5 Å². The molecule has 6 nitrogen and oxygen atoms in total. The molecule has 158 valence electrons. The maximum atomic E-state index is 13.4. The quantitative estimate of drug-likeness (QED) is 0.550. The van der Waals surface area contributed by atoms with E-state index in [1.165, 1.54) is 9.80 Å². The van der Waals surface area contributed by atoms with Crippen LogP contribution >= 0.6 is 24.0 Å². The summed E-state index contributed by atoms with van der Waals surface area (Å²) >= 11 is 6.51. The first kappa shape index (κ1) is 21.3. The lowest BCUT2D eigenvalue weighted by atomic mass is 10.1. The van der Waals surface area contributed by atoms with Gasteiger partial charge in [0, 0.05) is 17.8 Å². The number of hydrogen-bond acceptors (Lipinski definition) is 5. The molecule has 0 bridgehead atoms. The fourth-order valence-electron chi connectivity index (χ4n) is 3.67. The van der Waals surface area contributed by atoms with Gasteiger partial charge in [0.2, 0.25) is 5.91 Å². The molecule has 2 aromatic rings. The predicted octanol–water partition coefficient (Wildman–Crippen LogP) is 3.96. The van der Waals surface area contributed by atoms with Crippen LogP contribution in [0.2, 0.25) is 0 Å². The molecule has 0 aliphatic carbocycles. The Bertz CT molecular complexity index is 1140. The highest BCUT2D eigenvalue weighted by Gasteiger charge is 2.42. The molecule has 4 rings (SSSR count). The van der Waals surface area contributed by atoms with Crippen molar-refractivity contribution in [2.75, 3.05) is 23.3 Å². The van der Waals surface area contributed by atoms with Gasteiger partial charge in [-0.25, -0.2) is 0 Å². The fraction of sp³-hybridized carbons (Fsp3) is 0.217. The number of amides is 3. The Morgan fingerprint density at radius 2 is 1.74 bits per heavy atom. The Hall–Kier alpha value is -2.97. The number of anilines is 2. The van der Waals surface area contributed by atoms with Crippen molar-refractivity contribution in [3.8, 4) is 0 Å². The molecule has 1 N–H and O–H groups in total. The monoisotopic (exact) mass is 451 g/mol. The molecule has 2 aliphatic heterocycles. The zero-order valence-electron chi connectivity index (χ0n) is 17.2. The number of hydrogen-bond donors (Lipinski definition) is 1. The molecule has 0 saturated carbocycles. The summed E-state index contributed by atoms with van der Waals surface area (Å²) in [4.78, 5) is 42.4. The first-order chi connectivity index (χ1) is 14.9. The molecule has 0 unspecified atom stereocenters. The number of carbonyl (C=O) groups is 3. The molecule has 1 saturated heterocycles. The van der Waals surface area contributed by atoms with Gasteiger partial charge in [0.1, 0.15) is 10.9 Å². The maximum absolute atomic E-state index is 13.4. The van der Waals surface area contributed by atoms with Gasteiger partial charge in [-0.15, -0.1) is 0 Å². The topological polar surface area (TPSA) is 69.7 Å². The van der Waals surface area contributed by atoms with Gasteiger partial charge in [0.05, 0.1) is 16.2 Å². The number of para-hydroxylation sites is 2. The van der Waals surface area contributed by atoms with E-state index in [0.29, 0.717) is 38.3 Å². The number of aryl methyl sites for hydroxylation is 1. The number of nitrogens with one attached hydrogen (secondary N) is 1. The highest BCUT2D eigenvalue weighted by Crippen LogP contribution is 2.44. The van der Waals surface area contributed by atoms with E-state index in [0.717, 1.165) is 23.7 Å². The van der Waals surface area contributed by atoms with Crippen molar-refractivity contribution in [3.05, 3.63) is 64.6 Å². The minimum Gasteiger partial charge on any atom is -0.324 e. The van der Waals surface area contributed by atoms with Crippen molar-refractivity contribution >= 4 is 63.0 Å².